The van der Waals surface area contributed by atoms with Gasteiger partial charge in [0.1, 0.15) is 0 Å². The second-order valence-corrected chi connectivity index (χ2v) is 3.44. The third-order valence-electron chi connectivity index (χ3n) is 1.79. The number of hydrogen-bond donors (Lipinski definition) is 1. The normalized spacial score (nSPS) is 13.5. The minimum absolute atomic E-state index is 0.259. The summed E-state index contributed by atoms with van der Waals surface area (Å²) in [7, 11) is 3.58. The Morgan fingerprint density at radius 3 is 2.36 bits per heavy atom. The van der Waals surface area contributed by atoms with E-state index in [1.54, 1.807) is 7.11 Å². The van der Waals surface area contributed by atoms with Gasteiger partial charge in [-0.2, -0.15) is 0 Å². The molecule has 0 saturated carbocycles. The zero-order chi connectivity index (χ0) is 10.8. The summed E-state index contributed by atoms with van der Waals surface area (Å²) < 4.78 is 15.7. The molecule has 4 heteroatoms. The van der Waals surface area contributed by atoms with Crippen molar-refractivity contribution in [3.63, 3.8) is 0 Å². The molecule has 0 saturated heterocycles. The van der Waals surface area contributed by atoms with E-state index >= 15 is 0 Å². The molecule has 0 aromatic carbocycles. The summed E-state index contributed by atoms with van der Waals surface area (Å²) >= 11 is 0. The quantitative estimate of drug-likeness (QED) is 0.561. The summed E-state index contributed by atoms with van der Waals surface area (Å²) in [4.78, 5) is 0. The van der Waals surface area contributed by atoms with Crippen LogP contribution in [-0.2, 0) is 14.2 Å². The van der Waals surface area contributed by atoms with Gasteiger partial charge in [0.2, 0.25) is 0 Å². The van der Waals surface area contributed by atoms with Crippen LogP contribution in [0.15, 0.2) is 0 Å². The van der Waals surface area contributed by atoms with Gasteiger partial charge >= 0.3 is 0 Å². The molecule has 1 N–H and O–H groups in total. The van der Waals surface area contributed by atoms with E-state index in [9.17, 15) is 0 Å². The van der Waals surface area contributed by atoms with Crippen LogP contribution in [0.4, 0.5) is 0 Å². The monoisotopic (exact) mass is 205 g/mol. The van der Waals surface area contributed by atoms with E-state index < -0.39 is 0 Å². The molecular formula is C10H23NO3. The fourth-order valence-electron chi connectivity index (χ4n) is 0.891. The first-order valence-electron chi connectivity index (χ1n) is 5.06. The van der Waals surface area contributed by atoms with Crippen LogP contribution < -0.4 is 5.32 Å². The Kier molecular flexibility index (Phi) is 9.29. The minimum atomic E-state index is 0.259. The molecule has 14 heavy (non-hydrogen) atoms. The molecule has 0 bridgehead atoms. The van der Waals surface area contributed by atoms with Gasteiger partial charge in [0, 0.05) is 7.11 Å². The van der Waals surface area contributed by atoms with Crippen LogP contribution in [-0.4, -0.2) is 52.7 Å². The third-order valence-corrected chi connectivity index (χ3v) is 1.79. The molecule has 0 radical (unpaired) electrons. The van der Waals surface area contributed by atoms with Crippen LogP contribution in [0.3, 0.4) is 0 Å². The summed E-state index contributed by atoms with van der Waals surface area (Å²) in [6, 6.07) is 0.259. The Bertz CT molecular complexity index is 120. The maximum absolute atomic E-state index is 5.48. The zero-order valence-electron chi connectivity index (χ0n) is 9.71. The molecule has 0 aliphatic rings. The highest BCUT2D eigenvalue weighted by atomic mass is 16.5. The molecule has 0 heterocycles. The maximum atomic E-state index is 5.48. The first-order valence-corrected chi connectivity index (χ1v) is 5.06. The van der Waals surface area contributed by atoms with Gasteiger partial charge in [0.05, 0.1) is 38.6 Å². The first kappa shape index (κ1) is 13.8. The van der Waals surface area contributed by atoms with Gasteiger partial charge in [0.25, 0.3) is 0 Å². The lowest BCUT2D eigenvalue weighted by Crippen LogP contribution is -2.36. The highest BCUT2D eigenvalue weighted by Crippen LogP contribution is 1.92. The molecule has 0 aromatic heterocycles. The Balaban J connectivity index is 3.38. The second kappa shape index (κ2) is 9.40. The SMILES string of the molecule is CNC(COCCOC)COC(C)C. The van der Waals surface area contributed by atoms with Crippen LogP contribution >= 0.6 is 0 Å². The largest absolute Gasteiger partial charge is 0.382 e. The van der Waals surface area contributed by atoms with Crippen LogP contribution in [0.5, 0.6) is 0 Å². The molecule has 4 nitrogen and oxygen atoms in total. The van der Waals surface area contributed by atoms with Crippen LogP contribution in [0, 0.1) is 0 Å². The number of hydrogen-bond acceptors (Lipinski definition) is 4. The third kappa shape index (κ3) is 8.44. The second-order valence-electron chi connectivity index (χ2n) is 3.44. The lowest BCUT2D eigenvalue weighted by atomic mass is 10.3. The van der Waals surface area contributed by atoms with E-state index in [2.05, 4.69) is 5.32 Å². The summed E-state index contributed by atoms with van der Waals surface area (Å²) in [5, 5.41) is 3.14. The minimum Gasteiger partial charge on any atom is -0.382 e. The average molecular weight is 205 g/mol. The summed E-state index contributed by atoms with van der Waals surface area (Å²) in [5.74, 6) is 0. The van der Waals surface area contributed by atoms with Gasteiger partial charge in [-0.1, -0.05) is 0 Å². The van der Waals surface area contributed by atoms with E-state index in [4.69, 9.17) is 14.2 Å². The molecule has 86 valence electrons. The summed E-state index contributed by atoms with van der Waals surface area (Å²) in [6.45, 7) is 6.67. The van der Waals surface area contributed by atoms with Crippen molar-refractivity contribution in [1.29, 1.82) is 0 Å². The number of ether oxygens (including phenoxy) is 3. The molecule has 0 aliphatic carbocycles. The first-order chi connectivity index (χ1) is 6.70. The van der Waals surface area contributed by atoms with Gasteiger partial charge in [-0.05, 0) is 20.9 Å². The zero-order valence-corrected chi connectivity index (χ0v) is 9.71. The Hall–Kier alpha value is -0.160. The van der Waals surface area contributed by atoms with Gasteiger partial charge in [-0.15, -0.1) is 0 Å². The van der Waals surface area contributed by atoms with E-state index in [0.717, 1.165) is 0 Å². The molecule has 0 amide bonds. The molecule has 1 atom stereocenters. The van der Waals surface area contributed by atoms with E-state index in [1.807, 2.05) is 20.9 Å². The average Bonchev–Trinajstić information content (AvgIpc) is 2.16. The maximum Gasteiger partial charge on any atom is 0.0701 e. The topological polar surface area (TPSA) is 39.7 Å². The van der Waals surface area contributed by atoms with Crippen molar-refractivity contribution in [2.45, 2.75) is 26.0 Å². The highest BCUT2D eigenvalue weighted by molar-refractivity contribution is 4.62. The molecular weight excluding hydrogens is 182 g/mol. The van der Waals surface area contributed by atoms with Crippen molar-refractivity contribution < 1.29 is 14.2 Å². The van der Waals surface area contributed by atoms with Crippen molar-refractivity contribution in [1.82, 2.24) is 5.32 Å². The van der Waals surface area contributed by atoms with Crippen molar-refractivity contribution in [2.75, 3.05) is 40.6 Å². The van der Waals surface area contributed by atoms with Gasteiger partial charge < -0.3 is 19.5 Å². The molecule has 1 unspecified atom stereocenters. The van der Waals surface area contributed by atoms with Crippen molar-refractivity contribution in [3.05, 3.63) is 0 Å². The molecule has 0 rings (SSSR count). The van der Waals surface area contributed by atoms with Gasteiger partial charge in [-0.25, -0.2) is 0 Å². The van der Waals surface area contributed by atoms with Crippen molar-refractivity contribution in [3.8, 4) is 0 Å². The predicted molar refractivity (Wildman–Crippen MR) is 56.6 cm³/mol. The number of methoxy groups -OCH3 is 1. The van der Waals surface area contributed by atoms with Crippen LogP contribution in [0.25, 0.3) is 0 Å². The molecule has 0 spiro atoms. The highest BCUT2D eigenvalue weighted by Gasteiger charge is 2.06. The Morgan fingerprint density at radius 2 is 1.86 bits per heavy atom. The van der Waals surface area contributed by atoms with E-state index in [1.165, 1.54) is 0 Å². The summed E-state index contributed by atoms with van der Waals surface area (Å²) in [5.41, 5.74) is 0. The van der Waals surface area contributed by atoms with E-state index in [-0.39, 0.29) is 12.1 Å². The fraction of sp³-hybridized carbons (Fsp3) is 1.00. The van der Waals surface area contributed by atoms with Gasteiger partial charge in [0.15, 0.2) is 0 Å². The van der Waals surface area contributed by atoms with Gasteiger partial charge in [-0.3, -0.25) is 0 Å². The van der Waals surface area contributed by atoms with Crippen LogP contribution in [0.2, 0.25) is 0 Å². The van der Waals surface area contributed by atoms with Crippen LogP contribution in [0.1, 0.15) is 13.8 Å². The number of likely N-dealkylation sites (N-methyl/N-ethyl adjacent to an activating group) is 1. The van der Waals surface area contributed by atoms with Crippen molar-refractivity contribution >= 4 is 0 Å². The standard InChI is InChI=1S/C10H23NO3/c1-9(2)14-8-10(11-3)7-13-6-5-12-4/h9-11H,5-8H2,1-4H3. The molecule has 0 aliphatic heterocycles. The lowest BCUT2D eigenvalue weighted by molar-refractivity contribution is 0.0176. The summed E-state index contributed by atoms with van der Waals surface area (Å²) in [6.07, 6.45) is 0.268. The fourth-order valence-corrected chi connectivity index (χ4v) is 0.891. The smallest absolute Gasteiger partial charge is 0.0701 e. The predicted octanol–water partition coefficient (Wildman–Crippen LogP) is 0.662. The Labute approximate surface area is 86.9 Å². The lowest BCUT2D eigenvalue weighted by Gasteiger charge is -2.17. The van der Waals surface area contributed by atoms with Crippen molar-refractivity contribution in [2.24, 2.45) is 0 Å². The number of rotatable bonds is 9. The molecule has 0 fully saturated rings. The van der Waals surface area contributed by atoms with E-state index in [0.29, 0.717) is 26.4 Å². The number of nitrogens with one attached hydrogen (secondary N) is 1. The molecule has 0 aromatic rings. The Morgan fingerprint density at radius 1 is 1.14 bits per heavy atom.